The van der Waals surface area contributed by atoms with Crippen molar-refractivity contribution in [2.75, 3.05) is 13.1 Å². The third-order valence-electron chi connectivity index (χ3n) is 5.15. The second-order valence-corrected chi connectivity index (χ2v) is 6.51. The average Bonchev–Trinajstić information content (AvgIpc) is 3.31. The van der Waals surface area contributed by atoms with Gasteiger partial charge in [0.15, 0.2) is 0 Å². The van der Waals surface area contributed by atoms with Crippen LogP contribution in [0.5, 0.6) is 0 Å². The van der Waals surface area contributed by atoms with E-state index >= 15 is 0 Å². The van der Waals surface area contributed by atoms with Gasteiger partial charge in [0.25, 0.3) is 5.89 Å². The third-order valence-corrected chi connectivity index (χ3v) is 5.15. The van der Waals surface area contributed by atoms with E-state index in [1.165, 1.54) is 28.9 Å². The second kappa shape index (κ2) is 6.24. The van der Waals surface area contributed by atoms with E-state index in [0.29, 0.717) is 6.04 Å². The van der Waals surface area contributed by atoms with Crippen molar-refractivity contribution >= 4 is 16.7 Å². The van der Waals surface area contributed by atoms with Gasteiger partial charge < -0.3 is 9.40 Å². The zero-order chi connectivity index (χ0) is 16.5. The van der Waals surface area contributed by atoms with Crippen molar-refractivity contribution in [1.29, 1.82) is 0 Å². The number of fused-ring (bicyclic) bond motifs is 1. The van der Waals surface area contributed by atoms with Crippen LogP contribution >= 0.6 is 0 Å². The van der Waals surface area contributed by atoms with Crippen LogP contribution in [0.15, 0.2) is 47.3 Å². The Morgan fingerprint density at radius 3 is 2.92 bits per heavy atom. The Hall–Kier alpha value is -2.40. The summed E-state index contributed by atoms with van der Waals surface area (Å²) in [5.74, 6) is 0.316. The van der Waals surface area contributed by atoms with Gasteiger partial charge in [-0.15, -0.1) is 0 Å². The van der Waals surface area contributed by atoms with Crippen LogP contribution in [-0.4, -0.2) is 33.7 Å². The van der Waals surface area contributed by atoms with Gasteiger partial charge in [-0.2, -0.15) is 0 Å². The number of hydrogen-bond donors (Lipinski definition) is 1. The van der Waals surface area contributed by atoms with Gasteiger partial charge in [-0.1, -0.05) is 12.1 Å². The molecule has 0 amide bonds. The van der Waals surface area contributed by atoms with Crippen molar-refractivity contribution in [3.05, 3.63) is 54.4 Å². The Balaban J connectivity index is 1.42. The molecule has 4 rings (SSSR count). The van der Waals surface area contributed by atoms with E-state index in [2.05, 4.69) is 46.1 Å². The minimum atomic E-state index is 0.0259. The lowest BCUT2D eigenvalue weighted by Gasteiger charge is -2.35. The molecule has 1 atom stereocenters. The third kappa shape index (κ3) is 2.76. The summed E-state index contributed by atoms with van der Waals surface area (Å²) in [6, 6.07) is 9.02. The minimum absolute atomic E-state index is 0.0259. The van der Waals surface area contributed by atoms with Gasteiger partial charge in [0, 0.05) is 23.7 Å². The SMILES string of the molecule is CC(c1ccc2cc[nH]c2c1)N1CCC(C(=O)c2ncco2)CC1. The molecule has 0 aliphatic carbocycles. The van der Waals surface area contributed by atoms with Crippen LogP contribution in [0, 0.1) is 5.92 Å². The van der Waals surface area contributed by atoms with E-state index in [-0.39, 0.29) is 17.6 Å². The molecule has 124 valence electrons. The number of ketones is 1. The summed E-state index contributed by atoms with van der Waals surface area (Å²) in [7, 11) is 0. The van der Waals surface area contributed by atoms with Crippen molar-refractivity contribution in [1.82, 2.24) is 14.9 Å². The first-order valence-corrected chi connectivity index (χ1v) is 8.47. The van der Waals surface area contributed by atoms with E-state index in [0.717, 1.165) is 25.9 Å². The van der Waals surface area contributed by atoms with Gasteiger partial charge in [0.1, 0.15) is 6.26 Å². The summed E-state index contributed by atoms with van der Waals surface area (Å²) >= 11 is 0. The maximum absolute atomic E-state index is 12.3. The van der Waals surface area contributed by atoms with Crippen molar-refractivity contribution in [3.8, 4) is 0 Å². The molecular weight excluding hydrogens is 302 g/mol. The van der Waals surface area contributed by atoms with Gasteiger partial charge in [-0.3, -0.25) is 9.69 Å². The fourth-order valence-electron chi connectivity index (χ4n) is 3.60. The zero-order valence-electron chi connectivity index (χ0n) is 13.7. The lowest BCUT2D eigenvalue weighted by atomic mass is 9.91. The highest BCUT2D eigenvalue weighted by Crippen LogP contribution is 2.29. The summed E-state index contributed by atoms with van der Waals surface area (Å²) in [5, 5.41) is 1.24. The lowest BCUT2D eigenvalue weighted by molar-refractivity contribution is 0.0767. The number of carbonyl (C=O) groups excluding carboxylic acids is 1. The number of nitrogens with zero attached hydrogens (tertiary/aromatic N) is 2. The number of piperidine rings is 1. The number of likely N-dealkylation sites (tertiary alicyclic amines) is 1. The monoisotopic (exact) mass is 323 g/mol. The normalized spacial score (nSPS) is 18.0. The second-order valence-electron chi connectivity index (χ2n) is 6.51. The Kier molecular flexibility index (Phi) is 3.94. The number of nitrogens with one attached hydrogen (secondary N) is 1. The van der Waals surface area contributed by atoms with Crippen molar-refractivity contribution in [2.45, 2.75) is 25.8 Å². The molecule has 1 saturated heterocycles. The highest BCUT2D eigenvalue weighted by atomic mass is 16.3. The predicted octanol–water partition coefficient (Wildman–Crippen LogP) is 3.81. The summed E-state index contributed by atoms with van der Waals surface area (Å²) < 4.78 is 5.15. The maximum Gasteiger partial charge on any atom is 0.263 e. The molecule has 5 heteroatoms. The molecule has 1 N–H and O–H groups in total. The highest BCUT2D eigenvalue weighted by Gasteiger charge is 2.30. The largest absolute Gasteiger partial charge is 0.442 e. The van der Waals surface area contributed by atoms with E-state index < -0.39 is 0 Å². The van der Waals surface area contributed by atoms with Crippen molar-refractivity contribution in [3.63, 3.8) is 0 Å². The van der Waals surface area contributed by atoms with Gasteiger partial charge in [0.05, 0.1) is 6.20 Å². The number of H-pyrrole nitrogens is 1. The molecule has 1 fully saturated rings. The number of aromatic nitrogens is 2. The molecule has 2 aromatic heterocycles. The number of aromatic amines is 1. The first-order valence-electron chi connectivity index (χ1n) is 8.47. The van der Waals surface area contributed by atoms with Crippen LogP contribution < -0.4 is 0 Å². The molecule has 3 heterocycles. The molecule has 0 radical (unpaired) electrons. The first kappa shape index (κ1) is 15.1. The Bertz CT molecular complexity index is 829. The predicted molar refractivity (Wildman–Crippen MR) is 91.8 cm³/mol. The summed E-state index contributed by atoms with van der Waals surface area (Å²) in [6.07, 6.45) is 6.67. The van der Waals surface area contributed by atoms with Crippen LogP contribution in [0.25, 0.3) is 10.9 Å². The number of hydrogen-bond acceptors (Lipinski definition) is 4. The number of rotatable bonds is 4. The van der Waals surface area contributed by atoms with Crippen molar-refractivity contribution in [2.24, 2.45) is 5.92 Å². The number of Topliss-reactive ketones (excluding diaryl/α,β-unsaturated/α-hetero) is 1. The molecule has 0 bridgehead atoms. The molecular formula is C19H21N3O2. The van der Waals surface area contributed by atoms with Crippen LogP contribution in [0.1, 0.15) is 42.1 Å². The standard InChI is InChI=1S/C19H21N3O2/c1-13(16-3-2-14-4-7-20-17(14)12-16)22-9-5-15(6-10-22)18(23)19-21-8-11-24-19/h2-4,7-8,11-13,15,20H,5-6,9-10H2,1H3. The number of oxazole rings is 1. The maximum atomic E-state index is 12.3. The van der Waals surface area contributed by atoms with Crippen molar-refractivity contribution < 1.29 is 9.21 Å². The van der Waals surface area contributed by atoms with Crippen LogP contribution in [0.4, 0.5) is 0 Å². The van der Waals surface area contributed by atoms with Gasteiger partial charge >= 0.3 is 0 Å². The van der Waals surface area contributed by atoms with E-state index in [9.17, 15) is 4.79 Å². The number of benzene rings is 1. The molecule has 1 unspecified atom stereocenters. The molecule has 24 heavy (non-hydrogen) atoms. The molecule has 1 aromatic carbocycles. The smallest absolute Gasteiger partial charge is 0.263 e. The summed E-state index contributed by atoms with van der Waals surface area (Å²) in [5.41, 5.74) is 2.48. The van der Waals surface area contributed by atoms with Crippen LogP contribution in [0.2, 0.25) is 0 Å². The average molecular weight is 323 g/mol. The highest BCUT2D eigenvalue weighted by molar-refractivity contribution is 5.93. The Labute approximate surface area is 140 Å². The first-order chi connectivity index (χ1) is 11.7. The summed E-state index contributed by atoms with van der Waals surface area (Å²) in [6.45, 7) is 4.07. The zero-order valence-corrected chi connectivity index (χ0v) is 13.7. The van der Waals surface area contributed by atoms with E-state index in [1.807, 2.05) is 6.20 Å². The number of carbonyl (C=O) groups is 1. The van der Waals surface area contributed by atoms with Crippen LogP contribution in [0.3, 0.4) is 0 Å². The molecule has 0 saturated carbocycles. The van der Waals surface area contributed by atoms with E-state index in [1.54, 1.807) is 0 Å². The topological polar surface area (TPSA) is 62.1 Å². The molecule has 1 aliphatic rings. The van der Waals surface area contributed by atoms with Crippen LogP contribution in [-0.2, 0) is 0 Å². The molecule has 5 nitrogen and oxygen atoms in total. The molecule has 3 aromatic rings. The quantitative estimate of drug-likeness (QED) is 0.742. The minimum Gasteiger partial charge on any atom is -0.442 e. The summed E-state index contributed by atoms with van der Waals surface area (Å²) in [4.78, 5) is 22.1. The van der Waals surface area contributed by atoms with Gasteiger partial charge in [-0.25, -0.2) is 4.98 Å². The molecule has 1 aliphatic heterocycles. The van der Waals surface area contributed by atoms with Gasteiger partial charge in [-0.05, 0) is 55.9 Å². The van der Waals surface area contributed by atoms with Gasteiger partial charge in [0.2, 0.25) is 5.78 Å². The fraction of sp³-hybridized carbons (Fsp3) is 0.368. The fourth-order valence-corrected chi connectivity index (χ4v) is 3.60. The molecule has 0 spiro atoms. The van der Waals surface area contributed by atoms with E-state index in [4.69, 9.17) is 4.42 Å². The Morgan fingerprint density at radius 1 is 1.33 bits per heavy atom. The lowest BCUT2D eigenvalue weighted by Crippen LogP contribution is -2.38. The Morgan fingerprint density at radius 2 is 2.17 bits per heavy atom.